The molecule has 1 N–H and O–H groups in total. The minimum absolute atomic E-state index is 0.428. The Balaban J connectivity index is 2.10. The van der Waals surface area contributed by atoms with Crippen molar-refractivity contribution in [2.75, 3.05) is 38.7 Å². The first kappa shape index (κ1) is 16.3. The maximum absolute atomic E-state index is 12.0. The first-order valence-corrected chi connectivity index (χ1v) is 7.82. The van der Waals surface area contributed by atoms with Crippen LogP contribution in [0.2, 0.25) is 0 Å². The molecule has 0 aliphatic carbocycles. The number of carbonyl (C=O) groups excluding carboxylic acids is 2. The lowest BCUT2D eigenvalue weighted by Gasteiger charge is -2.26. The summed E-state index contributed by atoms with van der Waals surface area (Å²) in [6, 6.07) is 3.38. The first-order valence-electron chi connectivity index (χ1n) is 6.24. The molecule has 6 nitrogen and oxygen atoms in total. The summed E-state index contributed by atoms with van der Waals surface area (Å²) in [4.78, 5) is 25.5. The number of nitrogens with one attached hydrogen (secondary N) is 1. The van der Waals surface area contributed by atoms with E-state index in [-0.39, 0.29) is 0 Å². The summed E-state index contributed by atoms with van der Waals surface area (Å²) in [5, 5.41) is 2.59. The Morgan fingerprint density at radius 3 is 2.52 bits per heavy atom. The maximum Gasteiger partial charge on any atom is 0.313 e. The molecular formula is C13H14Br2N2O4. The second-order valence-electron chi connectivity index (χ2n) is 4.33. The van der Waals surface area contributed by atoms with E-state index in [1.54, 1.807) is 12.1 Å². The smallest absolute Gasteiger partial charge is 0.313 e. The summed E-state index contributed by atoms with van der Waals surface area (Å²) in [7, 11) is 1.53. The molecule has 1 aliphatic rings. The summed E-state index contributed by atoms with van der Waals surface area (Å²) in [6.07, 6.45) is 0. The van der Waals surface area contributed by atoms with E-state index < -0.39 is 11.8 Å². The molecule has 1 heterocycles. The molecular weight excluding hydrogens is 408 g/mol. The lowest BCUT2D eigenvalue weighted by atomic mass is 10.3. The van der Waals surface area contributed by atoms with Crippen LogP contribution in [-0.2, 0) is 14.3 Å². The van der Waals surface area contributed by atoms with Crippen molar-refractivity contribution in [2.45, 2.75) is 0 Å². The van der Waals surface area contributed by atoms with Crippen LogP contribution in [0.25, 0.3) is 0 Å². The number of rotatable bonds is 2. The molecule has 8 heteroatoms. The van der Waals surface area contributed by atoms with Crippen LogP contribution < -0.4 is 10.1 Å². The molecule has 2 rings (SSSR count). The van der Waals surface area contributed by atoms with E-state index in [0.717, 1.165) is 4.47 Å². The van der Waals surface area contributed by atoms with Crippen molar-refractivity contribution in [2.24, 2.45) is 0 Å². The fourth-order valence-corrected chi connectivity index (χ4v) is 3.12. The van der Waals surface area contributed by atoms with Crippen molar-refractivity contribution in [1.29, 1.82) is 0 Å². The fourth-order valence-electron chi connectivity index (χ4n) is 1.87. The minimum Gasteiger partial charge on any atom is -0.495 e. The highest BCUT2D eigenvalue weighted by Crippen LogP contribution is 2.34. The number of hydrogen-bond acceptors (Lipinski definition) is 4. The van der Waals surface area contributed by atoms with Gasteiger partial charge < -0.3 is 19.7 Å². The lowest BCUT2D eigenvalue weighted by molar-refractivity contribution is -0.145. The van der Waals surface area contributed by atoms with Crippen molar-refractivity contribution >= 4 is 49.4 Å². The minimum atomic E-state index is -0.679. The fraction of sp³-hybridized carbons (Fsp3) is 0.385. The highest BCUT2D eigenvalue weighted by molar-refractivity contribution is 9.11. The highest BCUT2D eigenvalue weighted by Gasteiger charge is 2.24. The number of benzene rings is 1. The van der Waals surface area contributed by atoms with Crippen molar-refractivity contribution in [3.8, 4) is 5.75 Å². The van der Waals surface area contributed by atoms with Crippen LogP contribution >= 0.6 is 31.9 Å². The maximum atomic E-state index is 12.0. The van der Waals surface area contributed by atoms with E-state index in [2.05, 4.69) is 37.2 Å². The molecule has 1 fully saturated rings. The number of anilines is 1. The zero-order valence-electron chi connectivity index (χ0n) is 11.3. The molecule has 0 spiro atoms. The van der Waals surface area contributed by atoms with Gasteiger partial charge >= 0.3 is 11.8 Å². The molecule has 0 unspecified atom stereocenters. The Morgan fingerprint density at radius 1 is 1.24 bits per heavy atom. The van der Waals surface area contributed by atoms with Gasteiger partial charge in [0.2, 0.25) is 0 Å². The van der Waals surface area contributed by atoms with Gasteiger partial charge in [0.05, 0.1) is 30.5 Å². The van der Waals surface area contributed by atoms with Gasteiger partial charge in [-0.2, -0.15) is 0 Å². The van der Waals surface area contributed by atoms with Crippen LogP contribution in [0.5, 0.6) is 5.75 Å². The van der Waals surface area contributed by atoms with Gasteiger partial charge in [0.15, 0.2) is 0 Å². The van der Waals surface area contributed by atoms with Crippen molar-refractivity contribution in [3.63, 3.8) is 0 Å². The number of morpholine rings is 1. The Labute approximate surface area is 139 Å². The van der Waals surface area contributed by atoms with Crippen LogP contribution in [-0.4, -0.2) is 50.1 Å². The summed E-state index contributed by atoms with van der Waals surface area (Å²) in [5.41, 5.74) is 0.474. The Bertz CT molecular complexity index is 559. The van der Waals surface area contributed by atoms with Crippen LogP contribution in [0.3, 0.4) is 0 Å². The van der Waals surface area contributed by atoms with E-state index in [1.807, 2.05) is 0 Å². The summed E-state index contributed by atoms with van der Waals surface area (Å²) < 4.78 is 11.7. The third-order valence-electron chi connectivity index (χ3n) is 2.98. The number of hydrogen-bond donors (Lipinski definition) is 1. The number of amides is 2. The summed E-state index contributed by atoms with van der Waals surface area (Å²) in [5.74, 6) is -0.679. The normalized spacial score (nSPS) is 14.7. The SMILES string of the molecule is COc1cc(NC(=O)C(=O)N2CCOCC2)c(Br)cc1Br. The van der Waals surface area contributed by atoms with E-state index in [9.17, 15) is 9.59 Å². The van der Waals surface area contributed by atoms with E-state index in [4.69, 9.17) is 9.47 Å². The monoisotopic (exact) mass is 420 g/mol. The van der Waals surface area contributed by atoms with Gasteiger partial charge in [-0.3, -0.25) is 9.59 Å². The first-order chi connectivity index (χ1) is 10.0. The second-order valence-corrected chi connectivity index (χ2v) is 6.03. The van der Waals surface area contributed by atoms with Gasteiger partial charge in [0, 0.05) is 23.6 Å². The second kappa shape index (κ2) is 7.24. The van der Waals surface area contributed by atoms with Crippen LogP contribution in [0.4, 0.5) is 5.69 Å². The van der Waals surface area contributed by atoms with Crippen molar-refractivity contribution in [1.82, 2.24) is 4.90 Å². The Morgan fingerprint density at radius 2 is 1.90 bits per heavy atom. The number of halogens is 2. The molecule has 21 heavy (non-hydrogen) atoms. The molecule has 0 radical (unpaired) electrons. The summed E-state index contributed by atoms with van der Waals surface area (Å²) in [6.45, 7) is 1.76. The van der Waals surface area contributed by atoms with Crippen LogP contribution in [0.1, 0.15) is 0 Å². The predicted octanol–water partition coefficient (Wildman–Crippen LogP) is 2.02. The van der Waals surface area contributed by atoms with E-state index in [0.29, 0.717) is 42.2 Å². The van der Waals surface area contributed by atoms with Gasteiger partial charge in [-0.15, -0.1) is 0 Å². The zero-order chi connectivity index (χ0) is 15.4. The number of methoxy groups -OCH3 is 1. The van der Waals surface area contributed by atoms with Crippen molar-refractivity contribution in [3.05, 3.63) is 21.1 Å². The Kier molecular flexibility index (Phi) is 5.60. The lowest BCUT2D eigenvalue weighted by Crippen LogP contribution is -2.45. The summed E-state index contributed by atoms with van der Waals surface area (Å²) >= 11 is 6.68. The largest absolute Gasteiger partial charge is 0.495 e. The molecule has 0 atom stereocenters. The number of carbonyl (C=O) groups is 2. The van der Waals surface area contributed by atoms with Gasteiger partial charge in [-0.1, -0.05) is 0 Å². The van der Waals surface area contributed by atoms with Gasteiger partial charge in [0.1, 0.15) is 5.75 Å². The Hall–Kier alpha value is -1.12. The topological polar surface area (TPSA) is 67.9 Å². The number of ether oxygens (including phenoxy) is 2. The molecule has 2 amide bonds. The quantitative estimate of drug-likeness (QED) is 0.741. The van der Waals surface area contributed by atoms with E-state index >= 15 is 0 Å². The molecule has 0 bridgehead atoms. The number of nitrogens with zero attached hydrogens (tertiary/aromatic N) is 1. The third-order valence-corrected chi connectivity index (χ3v) is 4.26. The molecule has 0 aromatic heterocycles. The predicted molar refractivity (Wildman–Crippen MR) is 84.4 cm³/mol. The molecule has 0 saturated carbocycles. The molecule has 1 saturated heterocycles. The molecule has 1 aliphatic heterocycles. The third kappa shape index (κ3) is 3.96. The molecule has 1 aromatic rings. The average molecular weight is 422 g/mol. The van der Waals surface area contributed by atoms with Gasteiger partial charge in [-0.05, 0) is 37.9 Å². The standard InChI is InChI=1S/C13H14Br2N2O4/c1-20-11-7-10(8(14)6-9(11)15)16-12(18)13(19)17-2-4-21-5-3-17/h6-7H,2-5H2,1H3,(H,16,18). The van der Waals surface area contributed by atoms with E-state index in [1.165, 1.54) is 12.0 Å². The van der Waals surface area contributed by atoms with Crippen LogP contribution in [0, 0.1) is 0 Å². The average Bonchev–Trinajstić information content (AvgIpc) is 2.50. The van der Waals surface area contributed by atoms with Gasteiger partial charge in [-0.25, -0.2) is 0 Å². The zero-order valence-corrected chi connectivity index (χ0v) is 14.5. The highest BCUT2D eigenvalue weighted by atomic mass is 79.9. The molecule has 1 aromatic carbocycles. The van der Waals surface area contributed by atoms with Crippen molar-refractivity contribution < 1.29 is 19.1 Å². The molecule has 114 valence electrons. The van der Waals surface area contributed by atoms with Crippen LogP contribution in [0.15, 0.2) is 21.1 Å². The van der Waals surface area contributed by atoms with Gasteiger partial charge in [0.25, 0.3) is 0 Å².